The molecule has 1 saturated carbocycles. The van der Waals surface area contributed by atoms with Crippen molar-refractivity contribution in [2.75, 3.05) is 19.7 Å². The SMILES string of the molecule is O=C(O)CCCCNCC1(CO)CCCC1. The summed E-state index contributed by atoms with van der Waals surface area (Å²) >= 11 is 0. The summed E-state index contributed by atoms with van der Waals surface area (Å²) < 4.78 is 0. The van der Waals surface area contributed by atoms with E-state index in [1.165, 1.54) is 12.8 Å². The lowest BCUT2D eigenvalue weighted by atomic mass is 9.87. The first-order chi connectivity index (χ1) is 7.68. The molecule has 0 heterocycles. The van der Waals surface area contributed by atoms with Gasteiger partial charge in [0.1, 0.15) is 0 Å². The minimum atomic E-state index is -0.720. The molecule has 0 aliphatic heterocycles. The van der Waals surface area contributed by atoms with Gasteiger partial charge >= 0.3 is 5.97 Å². The number of aliphatic hydroxyl groups excluding tert-OH is 1. The summed E-state index contributed by atoms with van der Waals surface area (Å²) in [6, 6.07) is 0. The molecule has 94 valence electrons. The molecule has 0 aromatic rings. The molecule has 4 nitrogen and oxygen atoms in total. The molecule has 1 aliphatic carbocycles. The van der Waals surface area contributed by atoms with Gasteiger partial charge in [0.2, 0.25) is 0 Å². The number of aliphatic hydroxyl groups is 1. The van der Waals surface area contributed by atoms with Crippen molar-refractivity contribution in [1.82, 2.24) is 5.32 Å². The Hall–Kier alpha value is -0.610. The number of hydrogen-bond donors (Lipinski definition) is 3. The largest absolute Gasteiger partial charge is 0.481 e. The molecule has 16 heavy (non-hydrogen) atoms. The fourth-order valence-electron chi connectivity index (χ4n) is 2.40. The van der Waals surface area contributed by atoms with Crippen LogP contribution in [-0.2, 0) is 4.79 Å². The van der Waals surface area contributed by atoms with Crippen molar-refractivity contribution >= 4 is 5.97 Å². The van der Waals surface area contributed by atoms with E-state index in [1.807, 2.05) is 0 Å². The molecule has 4 heteroatoms. The normalized spacial score (nSPS) is 18.8. The van der Waals surface area contributed by atoms with Crippen molar-refractivity contribution in [2.24, 2.45) is 5.41 Å². The molecular formula is C12H23NO3. The molecule has 1 fully saturated rings. The van der Waals surface area contributed by atoms with Crippen LogP contribution in [0, 0.1) is 5.41 Å². The summed E-state index contributed by atoms with van der Waals surface area (Å²) in [5.74, 6) is -0.720. The Balaban J connectivity index is 2.03. The molecule has 1 rings (SSSR count). The van der Waals surface area contributed by atoms with E-state index in [2.05, 4.69) is 5.32 Å². The Kier molecular flexibility index (Phi) is 5.77. The lowest BCUT2D eigenvalue weighted by Gasteiger charge is -2.26. The number of carboxylic acids is 1. The van der Waals surface area contributed by atoms with Crippen LogP contribution in [0.25, 0.3) is 0 Å². The maximum Gasteiger partial charge on any atom is 0.303 e. The third-order valence-electron chi connectivity index (χ3n) is 3.49. The average Bonchev–Trinajstić information content (AvgIpc) is 2.72. The van der Waals surface area contributed by atoms with E-state index in [1.54, 1.807) is 0 Å². The van der Waals surface area contributed by atoms with E-state index < -0.39 is 5.97 Å². The molecule has 0 bridgehead atoms. The van der Waals surface area contributed by atoms with Crippen LogP contribution in [0.15, 0.2) is 0 Å². The topological polar surface area (TPSA) is 69.6 Å². The molecule has 1 aliphatic rings. The maximum atomic E-state index is 10.3. The fourth-order valence-corrected chi connectivity index (χ4v) is 2.40. The van der Waals surface area contributed by atoms with Crippen LogP contribution in [0.5, 0.6) is 0 Å². The molecule has 3 N–H and O–H groups in total. The summed E-state index contributed by atoms with van der Waals surface area (Å²) in [5.41, 5.74) is 0.104. The van der Waals surface area contributed by atoms with Crippen molar-refractivity contribution in [3.05, 3.63) is 0 Å². The van der Waals surface area contributed by atoms with Gasteiger partial charge in [-0.3, -0.25) is 4.79 Å². The highest BCUT2D eigenvalue weighted by Crippen LogP contribution is 2.36. The van der Waals surface area contributed by atoms with Crippen molar-refractivity contribution in [2.45, 2.75) is 44.9 Å². The number of aliphatic carboxylic acids is 1. The molecule has 0 aromatic carbocycles. The van der Waals surface area contributed by atoms with Crippen LogP contribution in [-0.4, -0.2) is 35.9 Å². The van der Waals surface area contributed by atoms with Crippen LogP contribution in [0.3, 0.4) is 0 Å². The van der Waals surface area contributed by atoms with Gasteiger partial charge in [-0.25, -0.2) is 0 Å². The minimum Gasteiger partial charge on any atom is -0.481 e. The van der Waals surface area contributed by atoms with Gasteiger partial charge in [-0.15, -0.1) is 0 Å². The summed E-state index contributed by atoms with van der Waals surface area (Å²) in [6.45, 7) is 2.00. The van der Waals surface area contributed by atoms with Gasteiger partial charge in [0.25, 0.3) is 0 Å². The first-order valence-corrected chi connectivity index (χ1v) is 6.22. The zero-order valence-corrected chi connectivity index (χ0v) is 9.87. The number of carboxylic acid groups (broad SMARTS) is 1. The second-order valence-electron chi connectivity index (χ2n) is 4.89. The lowest BCUT2D eigenvalue weighted by molar-refractivity contribution is -0.137. The standard InChI is InChI=1S/C12H23NO3/c14-10-12(6-2-3-7-12)9-13-8-4-1-5-11(15)16/h13-14H,1-10H2,(H,15,16). The smallest absolute Gasteiger partial charge is 0.303 e. The number of unbranched alkanes of at least 4 members (excludes halogenated alkanes) is 1. The molecule has 0 saturated heterocycles. The molecule has 0 aromatic heterocycles. The van der Waals surface area contributed by atoms with Gasteiger partial charge in [0.05, 0.1) is 0 Å². The number of carbonyl (C=O) groups is 1. The van der Waals surface area contributed by atoms with Gasteiger partial charge in [-0.05, 0) is 32.2 Å². The van der Waals surface area contributed by atoms with Crippen LogP contribution < -0.4 is 5.32 Å². The predicted molar refractivity (Wildman–Crippen MR) is 62.3 cm³/mol. The van der Waals surface area contributed by atoms with Gasteiger partial charge in [-0.1, -0.05) is 12.8 Å². The molecule has 0 amide bonds. The van der Waals surface area contributed by atoms with Crippen LogP contribution in [0.2, 0.25) is 0 Å². The zero-order valence-electron chi connectivity index (χ0n) is 9.87. The van der Waals surface area contributed by atoms with Gasteiger partial charge in [0, 0.05) is 25.0 Å². The zero-order chi connectivity index (χ0) is 11.9. The van der Waals surface area contributed by atoms with E-state index in [0.717, 1.165) is 38.8 Å². The summed E-state index contributed by atoms with van der Waals surface area (Å²) in [7, 11) is 0. The molecular weight excluding hydrogens is 206 g/mol. The first kappa shape index (κ1) is 13.5. The molecule has 0 radical (unpaired) electrons. The molecule has 0 spiro atoms. The Morgan fingerprint density at radius 2 is 1.94 bits per heavy atom. The highest BCUT2D eigenvalue weighted by atomic mass is 16.4. The van der Waals surface area contributed by atoms with Crippen molar-refractivity contribution in [3.63, 3.8) is 0 Å². The van der Waals surface area contributed by atoms with E-state index in [-0.39, 0.29) is 18.4 Å². The third kappa shape index (κ3) is 4.49. The summed E-state index contributed by atoms with van der Waals surface area (Å²) in [5, 5.41) is 21.2. The third-order valence-corrected chi connectivity index (χ3v) is 3.49. The number of rotatable bonds is 8. The first-order valence-electron chi connectivity index (χ1n) is 6.22. The average molecular weight is 229 g/mol. The Labute approximate surface area is 97.0 Å². The van der Waals surface area contributed by atoms with Gasteiger partial charge in [0.15, 0.2) is 0 Å². The Morgan fingerprint density at radius 3 is 2.50 bits per heavy atom. The minimum absolute atomic E-state index is 0.104. The van der Waals surface area contributed by atoms with Crippen molar-refractivity contribution in [1.29, 1.82) is 0 Å². The van der Waals surface area contributed by atoms with Gasteiger partial charge in [-0.2, -0.15) is 0 Å². The predicted octanol–water partition coefficient (Wildman–Crippen LogP) is 1.38. The Bertz CT molecular complexity index is 212. The summed E-state index contributed by atoms with van der Waals surface area (Å²) in [6.07, 6.45) is 6.56. The summed E-state index contributed by atoms with van der Waals surface area (Å²) in [4.78, 5) is 10.3. The van der Waals surface area contributed by atoms with Crippen LogP contribution >= 0.6 is 0 Å². The quantitative estimate of drug-likeness (QED) is 0.550. The van der Waals surface area contributed by atoms with E-state index >= 15 is 0 Å². The van der Waals surface area contributed by atoms with Crippen LogP contribution in [0.1, 0.15) is 44.9 Å². The highest BCUT2D eigenvalue weighted by molar-refractivity contribution is 5.66. The Morgan fingerprint density at radius 1 is 1.25 bits per heavy atom. The monoisotopic (exact) mass is 229 g/mol. The van der Waals surface area contributed by atoms with Gasteiger partial charge < -0.3 is 15.5 Å². The van der Waals surface area contributed by atoms with E-state index in [0.29, 0.717) is 0 Å². The number of hydrogen-bond acceptors (Lipinski definition) is 3. The maximum absolute atomic E-state index is 10.3. The van der Waals surface area contributed by atoms with Crippen LogP contribution in [0.4, 0.5) is 0 Å². The molecule has 0 unspecified atom stereocenters. The highest BCUT2D eigenvalue weighted by Gasteiger charge is 2.32. The van der Waals surface area contributed by atoms with Crippen molar-refractivity contribution < 1.29 is 15.0 Å². The lowest BCUT2D eigenvalue weighted by Crippen LogP contribution is -2.35. The second-order valence-corrected chi connectivity index (χ2v) is 4.89. The van der Waals surface area contributed by atoms with E-state index in [4.69, 9.17) is 5.11 Å². The fraction of sp³-hybridized carbons (Fsp3) is 0.917. The molecule has 0 atom stereocenters. The van der Waals surface area contributed by atoms with Crippen molar-refractivity contribution in [3.8, 4) is 0 Å². The number of nitrogens with one attached hydrogen (secondary N) is 1. The second kappa shape index (κ2) is 6.86. The van der Waals surface area contributed by atoms with E-state index in [9.17, 15) is 9.90 Å².